The maximum Gasteiger partial charge on any atom is 0.168 e. The zero-order chi connectivity index (χ0) is 6.69. The van der Waals surface area contributed by atoms with E-state index in [1.54, 1.807) is 0 Å². The van der Waals surface area contributed by atoms with Crippen LogP contribution < -0.4 is 12.4 Å². The van der Waals surface area contributed by atoms with Crippen molar-refractivity contribution in [3.8, 4) is 0 Å². The van der Waals surface area contributed by atoms with Gasteiger partial charge in [-0.15, -0.1) is 0 Å². The Hall–Kier alpha value is -0.560. The lowest BCUT2D eigenvalue weighted by atomic mass is 10.3. The summed E-state index contributed by atoms with van der Waals surface area (Å²) in [6.45, 7) is 5.26. The molecule has 0 N–H and O–H groups in total. The van der Waals surface area contributed by atoms with E-state index in [0.717, 1.165) is 6.54 Å². The fraction of sp³-hybridized carbons (Fsp3) is 0.375. The Morgan fingerprint density at radius 1 is 1.30 bits per heavy atom. The predicted molar refractivity (Wildman–Crippen MR) is 39.8 cm³/mol. The number of hydrogen-bond acceptors (Lipinski definition) is 0. The van der Waals surface area contributed by atoms with E-state index in [-0.39, 0.29) is 12.4 Å². The van der Waals surface area contributed by atoms with Crippen LogP contribution in [0.1, 0.15) is 13.8 Å². The fourth-order valence-corrected chi connectivity index (χ4v) is 0.799. The van der Waals surface area contributed by atoms with Gasteiger partial charge in [0.25, 0.3) is 0 Å². The molecule has 0 radical (unpaired) electrons. The molecule has 10 heavy (non-hydrogen) atoms. The van der Waals surface area contributed by atoms with Crippen LogP contribution in [0.2, 0.25) is 0 Å². The van der Waals surface area contributed by atoms with Gasteiger partial charge in [0.15, 0.2) is 18.5 Å². The van der Waals surface area contributed by atoms with E-state index in [4.69, 9.17) is 0 Å². The molecule has 0 atom stereocenters. The van der Waals surface area contributed by atoms with Crippen LogP contribution >= 0.6 is 0 Å². The second-order valence-electron chi connectivity index (χ2n) is 2.37. The largest absolute Gasteiger partial charge is 1.00 e. The first-order valence-electron chi connectivity index (χ1n) is 3.21. The Morgan fingerprint density at radius 3 is 2.30 bits per heavy atom. The summed E-state index contributed by atoms with van der Waals surface area (Å²) >= 11 is 0. The average Bonchev–Trinajstić information content (AvgIpc) is 1.90. The van der Waals surface area contributed by atoms with Gasteiger partial charge in [-0.2, -0.15) is 0 Å². The molecule has 0 bridgehead atoms. The van der Waals surface area contributed by atoms with Crippen molar-refractivity contribution in [3.63, 3.8) is 0 Å². The number of halogens is 1. The van der Waals surface area contributed by atoms with E-state index >= 15 is 0 Å². The van der Waals surface area contributed by atoms with Crippen LogP contribution in [-0.4, -0.2) is 16.8 Å². The first-order chi connectivity index (χ1) is 4.30. The van der Waals surface area contributed by atoms with Crippen LogP contribution in [0.4, 0.5) is 0 Å². The molecule has 1 rings (SSSR count). The maximum atomic E-state index is 2.21. The Morgan fingerprint density at radius 2 is 2.00 bits per heavy atom. The molecule has 0 saturated carbocycles. The van der Waals surface area contributed by atoms with Crippen molar-refractivity contribution in [1.29, 1.82) is 0 Å². The zero-order valence-corrected chi connectivity index (χ0v) is 7.10. The number of allylic oxidation sites excluding steroid dienone is 2. The van der Waals surface area contributed by atoms with E-state index in [1.807, 2.05) is 0 Å². The third-order valence-corrected chi connectivity index (χ3v) is 1.39. The Balaban J connectivity index is 0.000000810. The summed E-state index contributed by atoms with van der Waals surface area (Å²) in [5.74, 6) is 0. The van der Waals surface area contributed by atoms with Crippen molar-refractivity contribution >= 4 is 5.71 Å². The minimum Gasteiger partial charge on any atom is -1.00 e. The number of rotatable bonds is 0. The molecule has 0 amide bonds. The van der Waals surface area contributed by atoms with Gasteiger partial charge < -0.3 is 12.4 Å². The molecular weight excluding hydrogens is 146 g/mol. The molecule has 56 valence electrons. The van der Waals surface area contributed by atoms with Crippen LogP contribution in [0.3, 0.4) is 0 Å². The summed E-state index contributed by atoms with van der Waals surface area (Å²) in [6.07, 6.45) is 8.36. The molecule has 0 aromatic rings. The van der Waals surface area contributed by atoms with Crippen molar-refractivity contribution in [1.82, 2.24) is 0 Å². The Labute approximate surface area is 68.2 Å². The molecule has 0 aromatic heterocycles. The van der Waals surface area contributed by atoms with Gasteiger partial charge in [-0.3, -0.25) is 0 Å². The van der Waals surface area contributed by atoms with Crippen LogP contribution in [-0.2, 0) is 0 Å². The van der Waals surface area contributed by atoms with Crippen molar-refractivity contribution in [2.24, 2.45) is 0 Å². The van der Waals surface area contributed by atoms with E-state index in [0.29, 0.717) is 0 Å². The first-order valence-corrected chi connectivity index (χ1v) is 3.21. The number of nitrogens with zero attached hydrogens (tertiary/aromatic N) is 1. The van der Waals surface area contributed by atoms with E-state index < -0.39 is 0 Å². The van der Waals surface area contributed by atoms with E-state index in [2.05, 4.69) is 42.9 Å². The van der Waals surface area contributed by atoms with E-state index in [1.165, 1.54) is 5.71 Å². The smallest absolute Gasteiger partial charge is 0.168 e. The fourth-order valence-electron chi connectivity index (χ4n) is 0.799. The van der Waals surface area contributed by atoms with Crippen molar-refractivity contribution in [2.75, 3.05) is 6.54 Å². The molecule has 0 unspecified atom stereocenters. The standard InChI is InChI=1S/C8H12N.ClH/c1-8(2)9-6-4-3-5-7-9;/h3-6H,7H2,1-2H3;1H/q+1;/p-1. The summed E-state index contributed by atoms with van der Waals surface area (Å²) in [6, 6.07) is 0. The average molecular weight is 158 g/mol. The van der Waals surface area contributed by atoms with Crippen LogP contribution in [0.15, 0.2) is 24.4 Å². The molecule has 0 aromatic carbocycles. The highest BCUT2D eigenvalue weighted by atomic mass is 35.5. The quantitative estimate of drug-likeness (QED) is 0.380. The molecule has 1 heterocycles. The highest BCUT2D eigenvalue weighted by molar-refractivity contribution is 5.74. The predicted octanol–water partition coefficient (Wildman–Crippen LogP) is -1.43. The van der Waals surface area contributed by atoms with Gasteiger partial charge >= 0.3 is 0 Å². The highest BCUT2D eigenvalue weighted by Crippen LogP contribution is 1.91. The van der Waals surface area contributed by atoms with Crippen LogP contribution in [0.5, 0.6) is 0 Å². The van der Waals surface area contributed by atoms with Gasteiger partial charge in [0.05, 0.1) is 0 Å². The monoisotopic (exact) mass is 157 g/mol. The summed E-state index contributed by atoms with van der Waals surface area (Å²) in [4.78, 5) is 0. The highest BCUT2D eigenvalue weighted by Gasteiger charge is 2.00. The second kappa shape index (κ2) is 4.29. The second-order valence-corrected chi connectivity index (χ2v) is 2.37. The summed E-state index contributed by atoms with van der Waals surface area (Å²) in [5, 5.41) is 0. The Kier molecular flexibility index (Phi) is 4.05. The summed E-state index contributed by atoms with van der Waals surface area (Å²) < 4.78 is 2.21. The van der Waals surface area contributed by atoms with Crippen molar-refractivity contribution in [3.05, 3.63) is 24.4 Å². The first kappa shape index (κ1) is 9.44. The van der Waals surface area contributed by atoms with Gasteiger partial charge in [0.1, 0.15) is 0 Å². The number of hydrogen-bond donors (Lipinski definition) is 0. The van der Waals surface area contributed by atoms with Gasteiger partial charge in [0.2, 0.25) is 0 Å². The molecular formula is C8H12ClN. The molecule has 0 spiro atoms. The third-order valence-electron chi connectivity index (χ3n) is 1.39. The minimum absolute atomic E-state index is 0. The maximum absolute atomic E-state index is 2.21. The molecule has 2 heteroatoms. The third kappa shape index (κ3) is 2.36. The molecule has 1 aliphatic rings. The zero-order valence-electron chi connectivity index (χ0n) is 6.34. The summed E-state index contributed by atoms with van der Waals surface area (Å²) in [7, 11) is 0. The van der Waals surface area contributed by atoms with Gasteiger partial charge in [0, 0.05) is 19.9 Å². The molecule has 1 aliphatic heterocycles. The Bertz CT molecular complexity index is 185. The van der Waals surface area contributed by atoms with Crippen molar-refractivity contribution < 1.29 is 17.0 Å². The molecule has 0 saturated heterocycles. The minimum atomic E-state index is 0. The van der Waals surface area contributed by atoms with Crippen LogP contribution in [0.25, 0.3) is 0 Å². The topological polar surface area (TPSA) is 3.01 Å². The van der Waals surface area contributed by atoms with Gasteiger partial charge in [-0.1, -0.05) is 6.08 Å². The van der Waals surface area contributed by atoms with Gasteiger partial charge in [-0.25, -0.2) is 4.58 Å². The molecule has 0 aliphatic carbocycles. The lowest BCUT2D eigenvalue weighted by Crippen LogP contribution is -3.00. The summed E-state index contributed by atoms with van der Waals surface area (Å²) in [5.41, 5.74) is 1.34. The van der Waals surface area contributed by atoms with E-state index in [9.17, 15) is 0 Å². The lowest BCUT2D eigenvalue weighted by molar-refractivity contribution is -0.447. The van der Waals surface area contributed by atoms with Crippen LogP contribution in [0, 0.1) is 0 Å². The van der Waals surface area contributed by atoms with Crippen molar-refractivity contribution in [2.45, 2.75) is 13.8 Å². The molecule has 1 nitrogen and oxygen atoms in total. The van der Waals surface area contributed by atoms with Gasteiger partial charge in [-0.05, 0) is 6.08 Å². The normalized spacial score (nSPS) is 14.8. The SMILES string of the molecule is CC(C)=[N+]1C=CC=CC1.[Cl-]. The molecule has 0 fully saturated rings. The lowest BCUT2D eigenvalue weighted by Gasteiger charge is -1.97.